The summed E-state index contributed by atoms with van der Waals surface area (Å²) in [4.78, 5) is 11.8. The number of rotatable bonds is 3. The van der Waals surface area contributed by atoms with Crippen LogP contribution >= 0.6 is 11.6 Å². The highest BCUT2D eigenvalue weighted by atomic mass is 35.5. The van der Waals surface area contributed by atoms with Crippen molar-refractivity contribution in [1.82, 2.24) is 5.32 Å². The lowest BCUT2D eigenvalue weighted by Gasteiger charge is -2.18. The van der Waals surface area contributed by atoms with Gasteiger partial charge in [0.2, 0.25) is 5.91 Å². The van der Waals surface area contributed by atoms with E-state index in [-0.39, 0.29) is 11.8 Å². The van der Waals surface area contributed by atoms with Crippen molar-refractivity contribution in [3.05, 3.63) is 11.6 Å². The molecule has 3 heteroatoms. The van der Waals surface area contributed by atoms with Crippen LogP contribution in [-0.2, 0) is 4.79 Å². The third kappa shape index (κ3) is 5.22. The fourth-order valence-electron chi connectivity index (χ4n) is 2.05. The van der Waals surface area contributed by atoms with Gasteiger partial charge in [-0.1, -0.05) is 50.3 Å². The predicted molar refractivity (Wildman–Crippen MR) is 63.8 cm³/mol. The normalized spacial score (nSPS) is 19.0. The predicted octanol–water partition coefficient (Wildman–Crippen LogP) is 3.22. The molecule has 1 N–H and O–H groups in total. The van der Waals surface area contributed by atoms with Crippen LogP contribution < -0.4 is 5.32 Å². The molecule has 15 heavy (non-hydrogen) atoms. The molecule has 0 bridgehead atoms. The van der Waals surface area contributed by atoms with Crippen molar-refractivity contribution in [2.24, 2.45) is 5.92 Å². The molecule has 2 nitrogen and oxygen atoms in total. The van der Waals surface area contributed by atoms with Crippen LogP contribution in [0.2, 0.25) is 0 Å². The number of halogens is 1. The average molecular weight is 230 g/mol. The maximum Gasteiger partial charge on any atom is 0.223 e. The van der Waals surface area contributed by atoms with E-state index in [4.69, 9.17) is 11.6 Å². The molecule has 0 aromatic carbocycles. The van der Waals surface area contributed by atoms with Gasteiger partial charge in [0.1, 0.15) is 0 Å². The first kappa shape index (κ1) is 12.6. The highest BCUT2D eigenvalue weighted by molar-refractivity contribution is 6.29. The van der Waals surface area contributed by atoms with Crippen molar-refractivity contribution in [3.8, 4) is 0 Å². The molecule has 0 heterocycles. The minimum Gasteiger partial charge on any atom is -0.351 e. The van der Waals surface area contributed by atoms with Crippen LogP contribution in [0.3, 0.4) is 0 Å². The summed E-state index contributed by atoms with van der Waals surface area (Å²) in [5.41, 5.74) is 0. The van der Waals surface area contributed by atoms with Gasteiger partial charge in [0.05, 0.1) is 6.54 Å². The Labute approximate surface area is 97.1 Å². The number of carbonyl (C=O) groups excluding carboxylic acids is 1. The largest absolute Gasteiger partial charge is 0.351 e. The molecule has 1 aliphatic carbocycles. The molecule has 1 fully saturated rings. The summed E-state index contributed by atoms with van der Waals surface area (Å²) < 4.78 is 0. The molecule has 1 rings (SSSR count). The Morgan fingerprint density at radius 1 is 1.20 bits per heavy atom. The summed E-state index contributed by atoms with van der Waals surface area (Å²) in [5.74, 6) is 0.347. The SMILES string of the molecule is C=C(Cl)CNC(=O)C1CCCCCCC1. The molecule has 86 valence electrons. The fourth-order valence-corrected chi connectivity index (χ4v) is 2.11. The third-order valence-corrected chi connectivity index (χ3v) is 3.06. The zero-order valence-corrected chi connectivity index (χ0v) is 9.98. The number of amides is 1. The van der Waals surface area contributed by atoms with Crippen LogP contribution in [0, 0.1) is 5.92 Å². The summed E-state index contributed by atoms with van der Waals surface area (Å²) >= 11 is 5.61. The summed E-state index contributed by atoms with van der Waals surface area (Å²) in [6.45, 7) is 3.96. The van der Waals surface area contributed by atoms with Crippen LogP contribution in [0.4, 0.5) is 0 Å². The zero-order chi connectivity index (χ0) is 11.1. The monoisotopic (exact) mass is 229 g/mol. The minimum atomic E-state index is 0.152. The van der Waals surface area contributed by atoms with Crippen molar-refractivity contribution in [1.29, 1.82) is 0 Å². The average Bonchev–Trinajstić information content (AvgIpc) is 2.13. The molecule has 0 saturated heterocycles. The van der Waals surface area contributed by atoms with E-state index in [0.717, 1.165) is 12.8 Å². The molecule has 1 amide bonds. The van der Waals surface area contributed by atoms with Gasteiger partial charge in [-0.3, -0.25) is 4.79 Å². The van der Waals surface area contributed by atoms with Gasteiger partial charge in [0, 0.05) is 11.0 Å². The Bertz CT molecular complexity index is 220. The Balaban J connectivity index is 2.31. The molecule has 0 atom stereocenters. The molecule has 0 spiro atoms. The van der Waals surface area contributed by atoms with Crippen molar-refractivity contribution < 1.29 is 4.79 Å². The molecular weight excluding hydrogens is 210 g/mol. The van der Waals surface area contributed by atoms with E-state index in [2.05, 4.69) is 11.9 Å². The molecule has 0 radical (unpaired) electrons. The maximum atomic E-state index is 11.8. The summed E-state index contributed by atoms with van der Waals surface area (Å²) in [6.07, 6.45) is 8.28. The number of hydrogen-bond donors (Lipinski definition) is 1. The van der Waals surface area contributed by atoms with Crippen molar-refractivity contribution in [2.45, 2.75) is 44.9 Å². The van der Waals surface area contributed by atoms with E-state index >= 15 is 0 Å². The lowest BCUT2D eigenvalue weighted by Crippen LogP contribution is -2.31. The van der Waals surface area contributed by atoms with Crippen LogP contribution in [0.5, 0.6) is 0 Å². The van der Waals surface area contributed by atoms with Crippen LogP contribution in [0.25, 0.3) is 0 Å². The van der Waals surface area contributed by atoms with Gasteiger partial charge >= 0.3 is 0 Å². The number of nitrogens with one attached hydrogen (secondary N) is 1. The molecule has 0 aliphatic heterocycles. The molecule has 0 unspecified atom stereocenters. The van der Waals surface area contributed by atoms with Crippen molar-refractivity contribution in [3.63, 3.8) is 0 Å². The Morgan fingerprint density at radius 3 is 2.27 bits per heavy atom. The second-order valence-corrected chi connectivity index (χ2v) is 4.81. The first-order valence-corrected chi connectivity index (χ1v) is 6.19. The minimum absolute atomic E-state index is 0.152. The standard InChI is InChI=1S/C12H20ClNO/c1-10(13)9-14-12(15)11-7-5-3-2-4-6-8-11/h11H,1-9H2,(H,14,15). The van der Waals surface area contributed by atoms with E-state index in [1.165, 1.54) is 32.1 Å². The topological polar surface area (TPSA) is 29.1 Å². The van der Waals surface area contributed by atoms with Crippen LogP contribution in [0.1, 0.15) is 44.9 Å². The zero-order valence-electron chi connectivity index (χ0n) is 9.23. The lowest BCUT2D eigenvalue weighted by molar-refractivity contribution is -0.125. The second-order valence-electron chi connectivity index (χ2n) is 4.28. The van der Waals surface area contributed by atoms with E-state index < -0.39 is 0 Å². The summed E-state index contributed by atoms with van der Waals surface area (Å²) in [5, 5.41) is 3.32. The van der Waals surface area contributed by atoms with Crippen LogP contribution in [0.15, 0.2) is 11.6 Å². The number of hydrogen-bond acceptors (Lipinski definition) is 1. The first-order valence-electron chi connectivity index (χ1n) is 5.81. The van der Waals surface area contributed by atoms with Gasteiger partial charge < -0.3 is 5.32 Å². The third-order valence-electron chi connectivity index (χ3n) is 2.93. The highest BCUT2D eigenvalue weighted by Crippen LogP contribution is 2.22. The Morgan fingerprint density at radius 2 is 1.73 bits per heavy atom. The van der Waals surface area contributed by atoms with Crippen molar-refractivity contribution >= 4 is 17.5 Å². The number of carbonyl (C=O) groups is 1. The lowest BCUT2D eigenvalue weighted by atomic mass is 9.90. The van der Waals surface area contributed by atoms with Crippen molar-refractivity contribution in [2.75, 3.05) is 6.54 Å². The quantitative estimate of drug-likeness (QED) is 0.791. The second kappa shape index (κ2) is 6.89. The van der Waals surface area contributed by atoms with Gasteiger partial charge in [-0.05, 0) is 12.8 Å². The summed E-state index contributed by atoms with van der Waals surface area (Å²) in [6, 6.07) is 0. The van der Waals surface area contributed by atoms with Gasteiger partial charge in [0.15, 0.2) is 0 Å². The molecule has 1 saturated carbocycles. The van der Waals surface area contributed by atoms with E-state index in [0.29, 0.717) is 11.6 Å². The molecule has 1 aliphatic rings. The van der Waals surface area contributed by atoms with Crippen LogP contribution in [-0.4, -0.2) is 12.5 Å². The fraction of sp³-hybridized carbons (Fsp3) is 0.750. The summed E-state index contributed by atoms with van der Waals surface area (Å²) in [7, 11) is 0. The van der Waals surface area contributed by atoms with E-state index in [1.807, 2.05) is 0 Å². The van der Waals surface area contributed by atoms with Gasteiger partial charge in [-0.25, -0.2) is 0 Å². The molecule has 0 aromatic rings. The Kier molecular flexibility index (Phi) is 5.77. The van der Waals surface area contributed by atoms with Gasteiger partial charge in [-0.15, -0.1) is 0 Å². The van der Waals surface area contributed by atoms with E-state index in [1.54, 1.807) is 0 Å². The maximum absolute atomic E-state index is 11.8. The van der Waals surface area contributed by atoms with Gasteiger partial charge in [-0.2, -0.15) is 0 Å². The highest BCUT2D eigenvalue weighted by Gasteiger charge is 2.18. The Hall–Kier alpha value is -0.500. The molecular formula is C12H20ClNO. The van der Waals surface area contributed by atoms with E-state index in [9.17, 15) is 4.79 Å². The smallest absolute Gasteiger partial charge is 0.223 e. The first-order chi connectivity index (χ1) is 7.20. The van der Waals surface area contributed by atoms with Gasteiger partial charge in [0.25, 0.3) is 0 Å². The molecule has 0 aromatic heterocycles.